The molecule has 2 heterocycles. The van der Waals surface area contributed by atoms with Gasteiger partial charge >= 0.3 is 0 Å². The van der Waals surface area contributed by atoms with Crippen molar-refractivity contribution in [1.29, 1.82) is 0 Å². The number of anilines is 1. The molecule has 4 N–H and O–H groups in total. The largest absolute Gasteiger partial charge is 0.383 e. The van der Waals surface area contributed by atoms with Gasteiger partial charge in [0.05, 0.1) is 11.6 Å². The number of amides is 1. The summed E-state index contributed by atoms with van der Waals surface area (Å²) in [5.41, 5.74) is 5.95. The fraction of sp³-hybridized carbons (Fsp3) is 0.200. The third kappa shape index (κ3) is 2.39. The Morgan fingerprint density at radius 2 is 2.35 bits per heavy atom. The van der Waals surface area contributed by atoms with Crippen molar-refractivity contribution in [3.63, 3.8) is 0 Å². The van der Waals surface area contributed by atoms with Gasteiger partial charge in [-0.15, -0.1) is 0 Å². The molecule has 0 aliphatic heterocycles. The Balaban J connectivity index is 2.10. The highest BCUT2D eigenvalue weighted by atomic mass is 16.1. The van der Waals surface area contributed by atoms with Crippen molar-refractivity contribution in [2.24, 2.45) is 0 Å². The average Bonchev–Trinajstić information content (AvgIpc) is 2.82. The molecule has 0 spiro atoms. The van der Waals surface area contributed by atoms with E-state index < -0.39 is 0 Å². The zero-order valence-corrected chi connectivity index (χ0v) is 9.21. The number of nitrogens with two attached hydrogens (primary N) is 1. The molecule has 1 amide bonds. The van der Waals surface area contributed by atoms with Crippen LogP contribution in [0.25, 0.3) is 0 Å². The van der Waals surface area contributed by atoms with Gasteiger partial charge in [-0.2, -0.15) is 5.10 Å². The number of hydrogen-bond acceptors (Lipinski definition) is 5. The Labute approximate surface area is 97.5 Å². The lowest BCUT2D eigenvalue weighted by Crippen LogP contribution is -2.28. The molecular formula is C10H12N6O. The van der Waals surface area contributed by atoms with Crippen molar-refractivity contribution in [2.45, 2.75) is 13.0 Å². The van der Waals surface area contributed by atoms with E-state index in [2.05, 4.69) is 25.5 Å². The molecule has 0 fully saturated rings. The van der Waals surface area contributed by atoms with E-state index in [0.717, 1.165) is 0 Å². The third-order valence-corrected chi connectivity index (χ3v) is 2.27. The van der Waals surface area contributed by atoms with Crippen molar-refractivity contribution in [3.05, 3.63) is 36.0 Å². The van der Waals surface area contributed by atoms with Gasteiger partial charge in [0.2, 0.25) is 0 Å². The van der Waals surface area contributed by atoms with E-state index in [1.54, 1.807) is 19.1 Å². The number of pyridine rings is 1. The van der Waals surface area contributed by atoms with Crippen molar-refractivity contribution >= 4 is 11.7 Å². The van der Waals surface area contributed by atoms with Gasteiger partial charge < -0.3 is 11.1 Å². The van der Waals surface area contributed by atoms with E-state index in [9.17, 15) is 4.79 Å². The molecule has 0 bridgehead atoms. The lowest BCUT2D eigenvalue weighted by atomic mass is 10.2. The zero-order chi connectivity index (χ0) is 12.3. The molecule has 7 nitrogen and oxygen atoms in total. The number of hydrogen-bond donors (Lipinski definition) is 3. The highest BCUT2D eigenvalue weighted by Gasteiger charge is 2.15. The molecule has 0 saturated carbocycles. The fourth-order valence-corrected chi connectivity index (χ4v) is 1.38. The van der Waals surface area contributed by atoms with Gasteiger partial charge in [0, 0.05) is 6.20 Å². The van der Waals surface area contributed by atoms with Gasteiger partial charge in [-0.1, -0.05) is 0 Å². The fourth-order valence-electron chi connectivity index (χ4n) is 1.38. The molecule has 0 aliphatic rings. The third-order valence-electron chi connectivity index (χ3n) is 2.27. The highest BCUT2D eigenvalue weighted by molar-refractivity contribution is 5.98. The van der Waals surface area contributed by atoms with E-state index in [0.29, 0.717) is 11.4 Å². The van der Waals surface area contributed by atoms with Crippen molar-refractivity contribution in [3.8, 4) is 0 Å². The van der Waals surface area contributed by atoms with Gasteiger partial charge in [0.25, 0.3) is 5.91 Å². The normalized spacial score (nSPS) is 12.1. The van der Waals surface area contributed by atoms with Crippen LogP contribution in [0.3, 0.4) is 0 Å². The van der Waals surface area contributed by atoms with Crippen LogP contribution in [0.15, 0.2) is 24.7 Å². The van der Waals surface area contributed by atoms with Gasteiger partial charge in [0.15, 0.2) is 0 Å². The first kappa shape index (κ1) is 11.1. The van der Waals surface area contributed by atoms with Crippen molar-refractivity contribution < 1.29 is 4.79 Å². The van der Waals surface area contributed by atoms with Gasteiger partial charge in [-0.3, -0.25) is 9.89 Å². The van der Waals surface area contributed by atoms with Crippen LogP contribution in [0, 0.1) is 0 Å². The van der Waals surface area contributed by atoms with Crippen LogP contribution < -0.4 is 11.1 Å². The molecule has 2 rings (SSSR count). The predicted molar refractivity (Wildman–Crippen MR) is 60.9 cm³/mol. The van der Waals surface area contributed by atoms with Crippen molar-refractivity contribution in [2.75, 3.05) is 5.73 Å². The second-order valence-electron chi connectivity index (χ2n) is 3.50. The average molecular weight is 232 g/mol. The molecule has 88 valence electrons. The maximum Gasteiger partial charge on any atom is 0.255 e. The SMILES string of the molecule is CC(NC(=O)c1cccnc1N)c1ncn[nH]1. The summed E-state index contributed by atoms with van der Waals surface area (Å²) in [6.07, 6.45) is 2.92. The maximum absolute atomic E-state index is 11.9. The topological polar surface area (TPSA) is 110 Å². The monoisotopic (exact) mass is 232 g/mol. The van der Waals surface area contributed by atoms with Crippen LogP contribution in [0.2, 0.25) is 0 Å². The molecule has 0 aliphatic carbocycles. The predicted octanol–water partition coefficient (Wildman–Crippen LogP) is 0.273. The summed E-state index contributed by atoms with van der Waals surface area (Å²) in [4.78, 5) is 19.7. The minimum absolute atomic E-state index is 0.203. The smallest absolute Gasteiger partial charge is 0.255 e. The summed E-state index contributed by atoms with van der Waals surface area (Å²) in [7, 11) is 0. The highest BCUT2D eigenvalue weighted by Crippen LogP contribution is 2.10. The number of carbonyl (C=O) groups excluding carboxylic acids is 1. The number of nitrogens with one attached hydrogen (secondary N) is 2. The summed E-state index contributed by atoms with van der Waals surface area (Å²) < 4.78 is 0. The lowest BCUT2D eigenvalue weighted by Gasteiger charge is -2.11. The van der Waals surface area contributed by atoms with E-state index >= 15 is 0 Å². The van der Waals surface area contributed by atoms with Crippen LogP contribution in [-0.4, -0.2) is 26.1 Å². The minimum atomic E-state index is -0.292. The summed E-state index contributed by atoms with van der Waals surface area (Å²) in [5, 5.41) is 9.15. The minimum Gasteiger partial charge on any atom is -0.383 e. The summed E-state index contributed by atoms with van der Waals surface area (Å²) >= 11 is 0. The van der Waals surface area contributed by atoms with E-state index in [1.807, 2.05) is 0 Å². The van der Waals surface area contributed by atoms with E-state index in [4.69, 9.17) is 5.73 Å². The zero-order valence-electron chi connectivity index (χ0n) is 9.21. The van der Waals surface area contributed by atoms with Gasteiger partial charge in [-0.05, 0) is 19.1 Å². The van der Waals surface area contributed by atoms with Gasteiger partial charge in [0.1, 0.15) is 18.0 Å². The Hall–Kier alpha value is -2.44. The standard InChI is InChI=1S/C10H12N6O/c1-6(9-13-5-14-16-9)15-10(17)7-3-2-4-12-8(7)11/h2-6H,1H3,(H2,11,12)(H,15,17)(H,13,14,16). The first-order chi connectivity index (χ1) is 8.18. The molecule has 2 aromatic rings. The molecule has 0 aromatic carbocycles. The van der Waals surface area contributed by atoms with E-state index in [-0.39, 0.29) is 17.8 Å². The summed E-state index contributed by atoms with van der Waals surface area (Å²) in [6, 6.07) is 3.00. The van der Waals surface area contributed by atoms with E-state index in [1.165, 1.54) is 12.5 Å². The number of nitrogens with zero attached hydrogens (tertiary/aromatic N) is 3. The Morgan fingerprint density at radius 1 is 1.53 bits per heavy atom. The Bertz CT molecular complexity index is 509. The molecule has 0 saturated heterocycles. The number of nitrogen functional groups attached to an aromatic ring is 1. The Morgan fingerprint density at radius 3 is 3.00 bits per heavy atom. The van der Waals surface area contributed by atoms with Crippen molar-refractivity contribution in [1.82, 2.24) is 25.5 Å². The molecule has 1 unspecified atom stereocenters. The molecular weight excluding hydrogens is 220 g/mol. The summed E-state index contributed by atoms with van der Waals surface area (Å²) in [6.45, 7) is 1.80. The quantitative estimate of drug-likeness (QED) is 0.703. The second-order valence-corrected chi connectivity index (χ2v) is 3.50. The van der Waals surface area contributed by atoms with Crippen LogP contribution in [0.4, 0.5) is 5.82 Å². The molecule has 2 aromatic heterocycles. The number of rotatable bonds is 3. The van der Waals surface area contributed by atoms with Crippen LogP contribution in [-0.2, 0) is 0 Å². The number of H-pyrrole nitrogens is 1. The second kappa shape index (κ2) is 4.60. The van der Waals surface area contributed by atoms with Crippen LogP contribution in [0.5, 0.6) is 0 Å². The van der Waals surface area contributed by atoms with Gasteiger partial charge in [-0.25, -0.2) is 9.97 Å². The molecule has 0 radical (unpaired) electrons. The van der Waals surface area contributed by atoms with Crippen LogP contribution >= 0.6 is 0 Å². The van der Waals surface area contributed by atoms with Crippen LogP contribution in [0.1, 0.15) is 29.1 Å². The number of aromatic amines is 1. The first-order valence-corrected chi connectivity index (χ1v) is 5.05. The number of aromatic nitrogens is 4. The summed E-state index contributed by atoms with van der Waals surface area (Å²) in [5.74, 6) is 0.495. The molecule has 1 atom stereocenters. The maximum atomic E-state index is 11.9. The lowest BCUT2D eigenvalue weighted by molar-refractivity contribution is 0.0939. The molecule has 7 heteroatoms. The Kier molecular flexibility index (Phi) is 2.99. The first-order valence-electron chi connectivity index (χ1n) is 5.05. The molecule has 17 heavy (non-hydrogen) atoms. The number of carbonyl (C=O) groups is 1.